The van der Waals surface area contributed by atoms with Gasteiger partial charge < -0.3 is 9.97 Å². The Bertz CT molecular complexity index is 1750. The number of H-pyrrole nitrogens is 2. The summed E-state index contributed by atoms with van der Waals surface area (Å²) in [6.45, 7) is 0. The Morgan fingerprint density at radius 1 is 0.526 bits per heavy atom. The number of aromatic nitrogens is 10. The monoisotopic (exact) mass is 532 g/mol. The van der Waals surface area contributed by atoms with Crippen LogP contribution in [-0.2, 0) is 0 Å². The van der Waals surface area contributed by atoms with Gasteiger partial charge in [0.2, 0.25) is 0 Å². The lowest BCUT2D eigenvalue weighted by atomic mass is 10.1. The molecule has 7 rings (SSSR count). The number of rotatable bonds is 6. The minimum absolute atomic E-state index is 0.600. The van der Waals surface area contributed by atoms with Gasteiger partial charge in [0.05, 0.1) is 11.0 Å². The van der Waals surface area contributed by atoms with E-state index in [1.54, 1.807) is 24.8 Å². The maximum Gasteiger partial charge on any atom is 0.195 e. The molecule has 2 aromatic carbocycles. The predicted octanol–water partition coefficient (Wildman–Crippen LogP) is 5.45. The van der Waals surface area contributed by atoms with E-state index < -0.39 is 0 Å². The van der Waals surface area contributed by atoms with E-state index in [-0.39, 0.29) is 0 Å². The van der Waals surface area contributed by atoms with Crippen LogP contribution in [0.15, 0.2) is 106 Å². The van der Waals surface area contributed by atoms with E-state index >= 15 is 0 Å². The summed E-state index contributed by atoms with van der Waals surface area (Å²) in [5.41, 5.74) is 3.38. The molecule has 0 aliphatic heterocycles. The summed E-state index contributed by atoms with van der Waals surface area (Å²) in [4.78, 5) is 24.6. The second kappa shape index (κ2) is 9.65. The number of pyridine rings is 2. The lowest BCUT2D eigenvalue weighted by molar-refractivity contribution is 0.923. The van der Waals surface area contributed by atoms with Gasteiger partial charge in [0.15, 0.2) is 22.0 Å². The highest BCUT2D eigenvalue weighted by Crippen LogP contribution is 2.37. The smallest absolute Gasteiger partial charge is 0.195 e. The van der Waals surface area contributed by atoms with Crippen molar-refractivity contribution in [1.29, 1.82) is 0 Å². The maximum atomic E-state index is 4.98. The van der Waals surface area contributed by atoms with Crippen LogP contribution in [0.25, 0.3) is 44.6 Å². The Labute approximate surface area is 223 Å². The van der Waals surface area contributed by atoms with Gasteiger partial charge in [-0.05, 0) is 70.7 Å². The normalized spacial score (nSPS) is 11.4. The van der Waals surface area contributed by atoms with Crippen molar-refractivity contribution < 1.29 is 0 Å². The summed E-state index contributed by atoms with van der Waals surface area (Å²) in [5, 5.41) is 22.0. The van der Waals surface area contributed by atoms with Gasteiger partial charge in [-0.3, -0.25) is 9.97 Å². The molecule has 0 unspecified atom stereocenters. The van der Waals surface area contributed by atoms with E-state index in [0.29, 0.717) is 32.0 Å². The van der Waals surface area contributed by atoms with Crippen LogP contribution >= 0.6 is 23.5 Å². The quantitative estimate of drug-likeness (QED) is 0.266. The van der Waals surface area contributed by atoms with Gasteiger partial charge >= 0.3 is 0 Å². The first-order valence-electron chi connectivity index (χ1n) is 11.5. The summed E-state index contributed by atoms with van der Waals surface area (Å²) in [5.74, 6) is 1.31. The topological polar surface area (TPSA) is 135 Å². The van der Waals surface area contributed by atoms with Gasteiger partial charge in [0.25, 0.3) is 0 Å². The Morgan fingerprint density at radius 2 is 0.974 bits per heavy atom. The molecule has 182 valence electrons. The second-order valence-corrected chi connectivity index (χ2v) is 10.1. The van der Waals surface area contributed by atoms with E-state index in [4.69, 9.17) is 9.97 Å². The number of hydrogen-bond donors (Lipinski definition) is 2. The fraction of sp³-hybridized carbons (Fsp3) is 0. The lowest BCUT2D eigenvalue weighted by Gasteiger charge is -2.08. The number of aromatic amines is 2. The highest BCUT2D eigenvalue weighted by Gasteiger charge is 2.18. The van der Waals surface area contributed by atoms with Crippen molar-refractivity contribution in [1.82, 2.24) is 50.3 Å². The zero-order valence-electron chi connectivity index (χ0n) is 19.5. The first-order valence-corrected chi connectivity index (χ1v) is 13.1. The molecule has 0 aliphatic rings. The van der Waals surface area contributed by atoms with Crippen LogP contribution in [0.4, 0.5) is 0 Å². The maximum absolute atomic E-state index is 4.98. The minimum atomic E-state index is 0.600. The standard InChI is InChI=1S/C26H16N10S2/c1-2-4-18-14-20-19(13-17(18)3-1)29-23(37-25-31-21(33-35-25)15-5-9-27-10-6-15)24(30-20)38-26-32-22(34-36-26)16-7-11-28-12-8-16/h1-14H,(H,31,33,35)(H,32,34,36). The molecule has 0 amide bonds. The molecule has 7 aromatic rings. The van der Waals surface area contributed by atoms with Crippen LogP contribution in [0, 0.1) is 0 Å². The minimum Gasteiger partial charge on any atom is -0.316 e. The first kappa shape index (κ1) is 22.5. The molecular weight excluding hydrogens is 516 g/mol. The average Bonchev–Trinajstić information content (AvgIpc) is 3.63. The van der Waals surface area contributed by atoms with Gasteiger partial charge in [-0.2, -0.15) is 0 Å². The third-order valence-electron chi connectivity index (χ3n) is 5.70. The van der Waals surface area contributed by atoms with Crippen molar-refractivity contribution in [2.24, 2.45) is 0 Å². The highest BCUT2D eigenvalue weighted by atomic mass is 32.2. The van der Waals surface area contributed by atoms with E-state index in [1.165, 1.54) is 23.5 Å². The molecular formula is C26H16N10S2. The number of benzene rings is 2. The number of nitrogens with one attached hydrogen (secondary N) is 2. The molecule has 10 nitrogen and oxygen atoms in total. The zero-order valence-corrected chi connectivity index (χ0v) is 21.1. The fourth-order valence-electron chi connectivity index (χ4n) is 3.89. The third kappa shape index (κ3) is 4.46. The van der Waals surface area contributed by atoms with Crippen LogP contribution in [0.5, 0.6) is 0 Å². The van der Waals surface area contributed by atoms with Crippen LogP contribution in [0.1, 0.15) is 0 Å². The van der Waals surface area contributed by atoms with Crippen molar-refractivity contribution in [2.75, 3.05) is 0 Å². The number of nitrogens with zero attached hydrogens (tertiary/aromatic N) is 8. The van der Waals surface area contributed by atoms with Crippen LogP contribution in [0.2, 0.25) is 0 Å². The summed E-state index contributed by atoms with van der Waals surface area (Å²) in [6.07, 6.45) is 6.87. The molecule has 5 aromatic heterocycles. The first-order chi connectivity index (χ1) is 18.8. The Kier molecular flexibility index (Phi) is 5.72. The van der Waals surface area contributed by atoms with Crippen molar-refractivity contribution in [2.45, 2.75) is 20.4 Å². The predicted molar refractivity (Wildman–Crippen MR) is 145 cm³/mol. The molecule has 0 saturated heterocycles. The Morgan fingerprint density at radius 3 is 1.42 bits per heavy atom. The van der Waals surface area contributed by atoms with E-state index in [0.717, 1.165) is 32.9 Å². The van der Waals surface area contributed by atoms with Gasteiger partial charge in [-0.15, -0.1) is 20.4 Å². The summed E-state index contributed by atoms with van der Waals surface area (Å²) < 4.78 is 0. The molecule has 0 aliphatic carbocycles. The molecule has 0 bridgehead atoms. The molecule has 0 spiro atoms. The van der Waals surface area contributed by atoms with Gasteiger partial charge in [0.1, 0.15) is 10.1 Å². The van der Waals surface area contributed by atoms with Crippen LogP contribution in [0.3, 0.4) is 0 Å². The van der Waals surface area contributed by atoms with Crippen molar-refractivity contribution in [3.8, 4) is 22.8 Å². The van der Waals surface area contributed by atoms with Crippen molar-refractivity contribution >= 4 is 45.3 Å². The van der Waals surface area contributed by atoms with Gasteiger partial charge in [-0.1, -0.05) is 24.3 Å². The molecule has 0 atom stereocenters. The number of fused-ring (bicyclic) bond motifs is 2. The van der Waals surface area contributed by atoms with Gasteiger partial charge in [0, 0.05) is 35.9 Å². The van der Waals surface area contributed by atoms with Crippen LogP contribution in [-0.4, -0.2) is 50.3 Å². The third-order valence-corrected chi connectivity index (χ3v) is 7.54. The summed E-state index contributed by atoms with van der Waals surface area (Å²) >= 11 is 2.73. The summed E-state index contributed by atoms with van der Waals surface area (Å²) in [6, 6.07) is 19.8. The fourth-order valence-corrected chi connectivity index (χ4v) is 5.52. The number of hydrogen-bond acceptors (Lipinski definition) is 10. The van der Waals surface area contributed by atoms with Crippen LogP contribution < -0.4 is 0 Å². The molecule has 38 heavy (non-hydrogen) atoms. The Balaban J connectivity index is 1.28. The van der Waals surface area contributed by atoms with Crippen molar-refractivity contribution in [3.63, 3.8) is 0 Å². The SMILES string of the molecule is c1ccc2cc3nc(Sc4nnc(-c5ccncc5)[nH]4)c(Sc4nnc(-c5ccncc5)[nH]4)nc3cc2c1. The average molecular weight is 533 g/mol. The highest BCUT2D eigenvalue weighted by molar-refractivity contribution is 8.02. The van der Waals surface area contributed by atoms with E-state index in [9.17, 15) is 0 Å². The molecule has 2 N–H and O–H groups in total. The van der Waals surface area contributed by atoms with E-state index in [1.807, 2.05) is 36.4 Å². The molecule has 0 fully saturated rings. The molecule has 5 heterocycles. The van der Waals surface area contributed by atoms with Crippen molar-refractivity contribution in [3.05, 3.63) is 85.5 Å². The molecule has 0 saturated carbocycles. The zero-order chi connectivity index (χ0) is 25.3. The van der Waals surface area contributed by atoms with Gasteiger partial charge in [-0.25, -0.2) is 9.97 Å². The van der Waals surface area contributed by atoms with E-state index in [2.05, 4.69) is 64.6 Å². The molecule has 12 heteroatoms. The molecule has 0 radical (unpaired) electrons. The lowest BCUT2D eigenvalue weighted by Crippen LogP contribution is -1.94. The largest absolute Gasteiger partial charge is 0.316 e. The Hall–Kier alpha value is -4.68. The summed E-state index contributed by atoms with van der Waals surface area (Å²) in [7, 11) is 0. The second-order valence-electron chi connectivity index (χ2n) is 8.16.